The summed E-state index contributed by atoms with van der Waals surface area (Å²) >= 11 is 0. The molecule has 0 fully saturated rings. The highest BCUT2D eigenvalue weighted by atomic mass is 19.1. The lowest BCUT2D eigenvalue weighted by molar-refractivity contribution is 0.168. The zero-order chi connectivity index (χ0) is 18.6. The maximum Gasteiger partial charge on any atom is 0.318 e. The number of benzene rings is 1. The Morgan fingerprint density at radius 2 is 2.00 bits per heavy atom. The molecule has 2 aromatic rings. The van der Waals surface area contributed by atoms with Crippen molar-refractivity contribution in [1.29, 1.82) is 0 Å². The van der Waals surface area contributed by atoms with Gasteiger partial charge in [0.05, 0.1) is 13.1 Å². The summed E-state index contributed by atoms with van der Waals surface area (Å²) in [5, 5.41) is 2.98. The van der Waals surface area contributed by atoms with Crippen LogP contribution in [0.1, 0.15) is 46.0 Å². The van der Waals surface area contributed by atoms with Gasteiger partial charge in [0.2, 0.25) is 0 Å². The quantitative estimate of drug-likeness (QED) is 0.895. The molecule has 0 saturated heterocycles. The average molecular weight is 346 g/mol. The molecule has 25 heavy (non-hydrogen) atoms. The molecule has 0 unspecified atom stereocenters. The molecule has 0 saturated carbocycles. The smallest absolute Gasteiger partial charge is 0.318 e. The molecule has 0 aliphatic carbocycles. The first-order valence-corrected chi connectivity index (χ1v) is 8.49. The van der Waals surface area contributed by atoms with Crippen molar-refractivity contribution >= 4 is 6.03 Å². The summed E-state index contributed by atoms with van der Waals surface area (Å²) in [5.74, 6) is 0.481. The monoisotopic (exact) mass is 346 g/mol. The van der Waals surface area contributed by atoms with Crippen molar-refractivity contribution in [2.75, 3.05) is 0 Å². The van der Waals surface area contributed by atoms with Crippen molar-refractivity contribution in [2.24, 2.45) is 0 Å². The van der Waals surface area contributed by atoms with Gasteiger partial charge in [-0.3, -0.25) is 0 Å². The Morgan fingerprint density at radius 1 is 1.32 bits per heavy atom. The summed E-state index contributed by atoms with van der Waals surface area (Å²) in [6, 6.07) is 6.57. The van der Waals surface area contributed by atoms with E-state index >= 15 is 0 Å². The molecule has 0 bridgehead atoms. The number of nitrogens with one attached hydrogen (secondary N) is 1. The molecular weight excluding hydrogens is 319 g/mol. The highest BCUT2D eigenvalue weighted by Gasteiger charge is 2.23. The maximum absolute atomic E-state index is 13.9. The number of nitrogens with zero attached hydrogens (tertiary/aromatic N) is 3. The van der Waals surface area contributed by atoms with Crippen LogP contribution in [0, 0.1) is 5.82 Å². The summed E-state index contributed by atoms with van der Waals surface area (Å²) in [7, 11) is 0. The number of carbonyl (C=O) groups excluding carboxylic acids is 1. The minimum Gasteiger partial charge on any atom is -0.333 e. The van der Waals surface area contributed by atoms with Crippen LogP contribution in [-0.4, -0.2) is 32.1 Å². The third-order valence-electron chi connectivity index (χ3n) is 3.78. The number of aromatic nitrogens is 2. The lowest BCUT2D eigenvalue weighted by Gasteiger charge is -2.31. The van der Waals surface area contributed by atoms with E-state index < -0.39 is 0 Å². The van der Waals surface area contributed by atoms with Crippen LogP contribution in [0.2, 0.25) is 0 Å². The zero-order valence-electron chi connectivity index (χ0n) is 15.6. The fraction of sp³-hybridized carbons (Fsp3) is 0.474. The van der Waals surface area contributed by atoms with Gasteiger partial charge in [-0.2, -0.15) is 0 Å². The van der Waals surface area contributed by atoms with Crippen LogP contribution in [0.15, 0.2) is 36.7 Å². The van der Waals surface area contributed by atoms with Crippen LogP contribution in [-0.2, 0) is 13.1 Å². The van der Waals surface area contributed by atoms with Gasteiger partial charge in [-0.1, -0.05) is 18.2 Å². The van der Waals surface area contributed by atoms with E-state index in [1.54, 1.807) is 23.2 Å². The summed E-state index contributed by atoms with van der Waals surface area (Å²) in [5.41, 5.74) is 0.282. The molecule has 1 heterocycles. The average Bonchev–Trinajstić information content (AvgIpc) is 2.92. The Bertz CT molecular complexity index is 718. The van der Waals surface area contributed by atoms with Crippen molar-refractivity contribution in [2.45, 2.75) is 59.3 Å². The number of hydrogen-bond acceptors (Lipinski definition) is 2. The predicted molar refractivity (Wildman–Crippen MR) is 96.7 cm³/mol. The maximum atomic E-state index is 13.9. The van der Waals surface area contributed by atoms with Crippen LogP contribution in [0.25, 0.3) is 0 Å². The zero-order valence-corrected chi connectivity index (χ0v) is 15.6. The second-order valence-electron chi connectivity index (χ2n) is 7.46. The van der Waals surface area contributed by atoms with Gasteiger partial charge in [-0.05, 0) is 40.7 Å². The molecule has 2 rings (SSSR count). The number of rotatable bonds is 5. The first-order chi connectivity index (χ1) is 11.7. The molecule has 2 amide bonds. The number of carbonyl (C=O) groups is 1. The summed E-state index contributed by atoms with van der Waals surface area (Å²) < 4.78 is 15.8. The largest absolute Gasteiger partial charge is 0.333 e. The molecule has 1 aromatic heterocycles. The van der Waals surface area contributed by atoms with E-state index in [-0.39, 0.29) is 23.4 Å². The molecule has 0 aliphatic rings. The molecule has 0 aliphatic heterocycles. The van der Waals surface area contributed by atoms with E-state index in [9.17, 15) is 9.18 Å². The lowest BCUT2D eigenvalue weighted by atomic mass is 10.1. The molecular formula is C19H27FN4O. The third kappa shape index (κ3) is 5.31. The molecule has 5 nitrogen and oxygen atoms in total. The van der Waals surface area contributed by atoms with Crippen LogP contribution < -0.4 is 5.32 Å². The fourth-order valence-electron chi connectivity index (χ4n) is 2.48. The Balaban J connectivity index is 2.17. The molecule has 0 atom stereocenters. The van der Waals surface area contributed by atoms with E-state index in [0.29, 0.717) is 18.7 Å². The second kappa shape index (κ2) is 7.68. The summed E-state index contributed by atoms with van der Waals surface area (Å²) in [4.78, 5) is 18.7. The van der Waals surface area contributed by atoms with Gasteiger partial charge < -0.3 is 14.8 Å². The number of hydrogen-bond donors (Lipinski definition) is 1. The van der Waals surface area contributed by atoms with Gasteiger partial charge in [0, 0.05) is 29.5 Å². The standard InChI is InChI=1S/C19H27FN4O/c1-14(2)24(18(25)22-19(3,4)5)13-17-21-10-11-23(17)12-15-8-6-7-9-16(15)20/h6-11,14H,12-13H2,1-5H3,(H,22,25). The minimum absolute atomic E-state index is 0.0148. The Kier molecular flexibility index (Phi) is 5.82. The Morgan fingerprint density at radius 3 is 2.60 bits per heavy atom. The fourth-order valence-corrected chi connectivity index (χ4v) is 2.48. The van der Waals surface area contributed by atoms with Crippen molar-refractivity contribution < 1.29 is 9.18 Å². The van der Waals surface area contributed by atoms with Crippen molar-refractivity contribution in [3.05, 3.63) is 53.9 Å². The Labute approximate surface area is 148 Å². The van der Waals surface area contributed by atoms with Crippen LogP contribution >= 0.6 is 0 Å². The van der Waals surface area contributed by atoms with Crippen LogP contribution in [0.5, 0.6) is 0 Å². The SMILES string of the molecule is CC(C)N(Cc1nccn1Cc1ccccc1F)C(=O)NC(C)(C)C. The minimum atomic E-state index is -0.313. The van der Waals surface area contributed by atoms with E-state index in [0.717, 1.165) is 5.82 Å². The van der Waals surface area contributed by atoms with Gasteiger partial charge in [-0.25, -0.2) is 14.2 Å². The molecule has 1 N–H and O–H groups in total. The van der Waals surface area contributed by atoms with Crippen LogP contribution in [0.4, 0.5) is 9.18 Å². The molecule has 0 spiro atoms. The number of urea groups is 1. The van der Waals surface area contributed by atoms with Crippen molar-refractivity contribution in [3.63, 3.8) is 0 Å². The normalized spacial score (nSPS) is 11.6. The number of imidazole rings is 1. The molecule has 6 heteroatoms. The van der Waals surface area contributed by atoms with Gasteiger partial charge in [0.1, 0.15) is 11.6 Å². The highest BCUT2D eigenvalue weighted by molar-refractivity contribution is 5.75. The molecule has 1 aromatic carbocycles. The summed E-state index contributed by atoms with van der Waals surface area (Å²) in [6.45, 7) is 10.5. The van der Waals surface area contributed by atoms with Crippen molar-refractivity contribution in [1.82, 2.24) is 19.8 Å². The third-order valence-corrected chi connectivity index (χ3v) is 3.78. The van der Waals surface area contributed by atoms with E-state index in [1.807, 2.05) is 51.4 Å². The van der Waals surface area contributed by atoms with E-state index in [4.69, 9.17) is 0 Å². The van der Waals surface area contributed by atoms with Gasteiger partial charge in [0.15, 0.2) is 0 Å². The Hall–Kier alpha value is -2.37. The predicted octanol–water partition coefficient (Wildman–Crippen LogP) is 3.79. The number of halogens is 1. The lowest BCUT2D eigenvalue weighted by Crippen LogP contribution is -2.50. The van der Waals surface area contributed by atoms with Crippen molar-refractivity contribution in [3.8, 4) is 0 Å². The van der Waals surface area contributed by atoms with Crippen LogP contribution in [0.3, 0.4) is 0 Å². The van der Waals surface area contributed by atoms with Gasteiger partial charge in [0.25, 0.3) is 0 Å². The topological polar surface area (TPSA) is 50.2 Å². The van der Waals surface area contributed by atoms with Gasteiger partial charge in [-0.15, -0.1) is 0 Å². The second-order valence-corrected chi connectivity index (χ2v) is 7.46. The van der Waals surface area contributed by atoms with E-state index in [2.05, 4.69) is 10.3 Å². The van der Waals surface area contributed by atoms with E-state index in [1.165, 1.54) is 6.07 Å². The first-order valence-electron chi connectivity index (χ1n) is 8.49. The summed E-state index contributed by atoms with van der Waals surface area (Å²) in [6.07, 6.45) is 3.48. The molecule has 0 radical (unpaired) electrons. The molecule has 136 valence electrons. The first kappa shape index (κ1) is 19.0. The number of amides is 2. The highest BCUT2D eigenvalue weighted by Crippen LogP contribution is 2.13. The van der Waals surface area contributed by atoms with Gasteiger partial charge >= 0.3 is 6.03 Å².